The molecule has 1 spiro atoms. The zero-order valence-electron chi connectivity index (χ0n) is 13.3. The van der Waals surface area contributed by atoms with Gasteiger partial charge in [-0.1, -0.05) is 47.7 Å². The van der Waals surface area contributed by atoms with Gasteiger partial charge in [-0.3, -0.25) is 5.01 Å². The summed E-state index contributed by atoms with van der Waals surface area (Å²) in [5, 5.41) is 7.53. The molecular formula is C19H19FN2S. The van der Waals surface area contributed by atoms with Crippen LogP contribution in [0.1, 0.15) is 35.1 Å². The summed E-state index contributed by atoms with van der Waals surface area (Å²) in [5.74, 6) is -0.198. The molecule has 2 aromatic carbocycles. The number of nitrogens with zero attached hydrogens (tertiary/aromatic N) is 2. The lowest BCUT2D eigenvalue weighted by molar-refractivity contribution is 0.204. The van der Waals surface area contributed by atoms with E-state index in [4.69, 9.17) is 5.10 Å². The number of rotatable bonds is 1. The Bertz CT molecular complexity index is 802. The molecule has 1 aliphatic heterocycles. The first-order valence-corrected chi connectivity index (χ1v) is 8.78. The van der Waals surface area contributed by atoms with Crippen LogP contribution in [-0.2, 0) is 11.3 Å². The Labute approximate surface area is 140 Å². The summed E-state index contributed by atoms with van der Waals surface area (Å²) in [7, 11) is 2.01. The molecule has 1 atom stereocenters. The van der Waals surface area contributed by atoms with Crippen molar-refractivity contribution in [2.75, 3.05) is 7.05 Å². The molecule has 0 amide bonds. The predicted molar refractivity (Wildman–Crippen MR) is 94.1 cm³/mol. The smallest absolute Gasteiger partial charge is 0.134 e. The first-order valence-electron chi connectivity index (χ1n) is 7.96. The van der Waals surface area contributed by atoms with Gasteiger partial charge in [0.05, 0.1) is 0 Å². The van der Waals surface area contributed by atoms with E-state index in [0.29, 0.717) is 5.56 Å². The van der Waals surface area contributed by atoms with Crippen LogP contribution in [0, 0.1) is 12.7 Å². The standard InChI is InChI=1S/C19H19FN2S/c1-13-9-10-17(20)15(12-13)18-21-22(2)19(23-18)11-5-7-14-6-3-4-8-16(14)19/h3-4,6,8-10,12H,5,7,11H2,1-2H3. The highest BCUT2D eigenvalue weighted by molar-refractivity contribution is 8.15. The molecule has 0 saturated heterocycles. The van der Waals surface area contributed by atoms with Crippen LogP contribution in [0.15, 0.2) is 47.6 Å². The number of hydrogen-bond donors (Lipinski definition) is 0. The van der Waals surface area contributed by atoms with Crippen molar-refractivity contribution in [2.24, 2.45) is 5.10 Å². The molecule has 2 nitrogen and oxygen atoms in total. The Morgan fingerprint density at radius 3 is 2.91 bits per heavy atom. The lowest BCUT2D eigenvalue weighted by Gasteiger charge is -2.39. The highest BCUT2D eigenvalue weighted by Crippen LogP contribution is 2.52. The van der Waals surface area contributed by atoms with Gasteiger partial charge in [-0.05, 0) is 49.4 Å². The second-order valence-electron chi connectivity index (χ2n) is 6.31. The molecule has 0 aromatic heterocycles. The van der Waals surface area contributed by atoms with Gasteiger partial charge in [-0.2, -0.15) is 5.10 Å². The monoisotopic (exact) mass is 326 g/mol. The third kappa shape index (κ3) is 2.27. The van der Waals surface area contributed by atoms with Crippen LogP contribution in [0.3, 0.4) is 0 Å². The van der Waals surface area contributed by atoms with Crippen LogP contribution in [0.4, 0.5) is 4.39 Å². The number of hydrogen-bond acceptors (Lipinski definition) is 3. The number of fused-ring (bicyclic) bond motifs is 2. The summed E-state index contributed by atoms with van der Waals surface area (Å²) in [6, 6.07) is 13.8. The molecule has 4 heteroatoms. The normalized spacial score (nSPS) is 23.1. The minimum atomic E-state index is -0.198. The minimum absolute atomic E-state index is 0.194. The number of halogens is 1. The van der Waals surface area contributed by atoms with Crippen LogP contribution in [0.5, 0.6) is 0 Å². The quantitative estimate of drug-likeness (QED) is 0.757. The molecular weight excluding hydrogens is 307 g/mol. The maximum atomic E-state index is 14.3. The zero-order valence-corrected chi connectivity index (χ0v) is 14.2. The molecule has 4 rings (SSSR count). The third-order valence-corrected chi connectivity index (χ3v) is 6.30. The highest BCUT2D eigenvalue weighted by Gasteiger charge is 2.46. The fourth-order valence-corrected chi connectivity index (χ4v) is 5.07. The second-order valence-corrected chi connectivity index (χ2v) is 7.58. The van der Waals surface area contributed by atoms with Crippen molar-refractivity contribution in [1.82, 2.24) is 5.01 Å². The average molecular weight is 326 g/mol. The maximum absolute atomic E-state index is 14.3. The molecule has 1 unspecified atom stereocenters. The lowest BCUT2D eigenvalue weighted by Crippen LogP contribution is -2.37. The van der Waals surface area contributed by atoms with Crippen LogP contribution in [-0.4, -0.2) is 17.1 Å². The molecule has 1 aliphatic carbocycles. The SMILES string of the molecule is Cc1ccc(F)c(C2=NN(C)C3(CCCc4ccccc43)S2)c1. The van der Waals surface area contributed by atoms with E-state index in [2.05, 4.69) is 24.3 Å². The predicted octanol–water partition coefficient (Wildman–Crippen LogP) is 4.66. The van der Waals surface area contributed by atoms with Crippen molar-refractivity contribution >= 4 is 16.8 Å². The molecule has 0 bridgehead atoms. The molecule has 2 aliphatic rings. The summed E-state index contributed by atoms with van der Waals surface area (Å²) >= 11 is 1.70. The van der Waals surface area contributed by atoms with Gasteiger partial charge in [0.15, 0.2) is 0 Å². The van der Waals surface area contributed by atoms with E-state index >= 15 is 0 Å². The average Bonchev–Trinajstić information content (AvgIpc) is 2.88. The Morgan fingerprint density at radius 2 is 2.04 bits per heavy atom. The van der Waals surface area contributed by atoms with Crippen molar-refractivity contribution < 1.29 is 4.39 Å². The van der Waals surface area contributed by atoms with Gasteiger partial charge in [-0.25, -0.2) is 4.39 Å². The summed E-state index contributed by atoms with van der Waals surface area (Å²) < 4.78 is 14.3. The van der Waals surface area contributed by atoms with Gasteiger partial charge >= 0.3 is 0 Å². The summed E-state index contributed by atoms with van der Waals surface area (Å²) in [5.41, 5.74) is 4.38. The molecule has 2 aromatic rings. The molecule has 0 radical (unpaired) electrons. The number of thioether (sulfide) groups is 1. The van der Waals surface area contributed by atoms with E-state index in [1.165, 1.54) is 17.2 Å². The van der Waals surface area contributed by atoms with Crippen LogP contribution < -0.4 is 0 Å². The first kappa shape index (κ1) is 14.8. The summed E-state index contributed by atoms with van der Waals surface area (Å²) in [6.45, 7) is 1.98. The van der Waals surface area contributed by atoms with Crippen LogP contribution >= 0.6 is 11.8 Å². The second kappa shape index (κ2) is 5.38. The van der Waals surface area contributed by atoms with Crippen LogP contribution in [0.2, 0.25) is 0 Å². The van der Waals surface area contributed by atoms with Gasteiger partial charge < -0.3 is 0 Å². The molecule has 0 fully saturated rings. The van der Waals surface area contributed by atoms with Crippen molar-refractivity contribution in [3.8, 4) is 0 Å². The third-order valence-electron chi connectivity index (χ3n) is 4.78. The number of hydrazone groups is 1. The molecule has 118 valence electrons. The Kier molecular flexibility index (Phi) is 3.45. The van der Waals surface area contributed by atoms with Gasteiger partial charge in [0.1, 0.15) is 15.7 Å². The topological polar surface area (TPSA) is 15.6 Å². The Hall–Kier alpha value is -1.81. The number of aryl methyl sites for hydroxylation is 2. The Morgan fingerprint density at radius 1 is 1.22 bits per heavy atom. The highest BCUT2D eigenvalue weighted by atomic mass is 32.2. The van der Waals surface area contributed by atoms with Crippen molar-refractivity contribution in [1.29, 1.82) is 0 Å². The molecule has 0 N–H and O–H groups in total. The van der Waals surface area contributed by atoms with Crippen molar-refractivity contribution in [3.05, 3.63) is 70.5 Å². The lowest BCUT2D eigenvalue weighted by atomic mass is 9.87. The van der Waals surface area contributed by atoms with Crippen molar-refractivity contribution in [2.45, 2.75) is 31.1 Å². The van der Waals surface area contributed by atoms with E-state index < -0.39 is 0 Å². The van der Waals surface area contributed by atoms with Crippen LogP contribution in [0.25, 0.3) is 0 Å². The Balaban J connectivity index is 1.78. The molecule has 0 saturated carbocycles. The fourth-order valence-electron chi connectivity index (χ4n) is 3.59. The van der Waals surface area contributed by atoms with E-state index in [1.807, 2.05) is 25.0 Å². The summed E-state index contributed by atoms with van der Waals surface area (Å²) in [4.78, 5) is -0.194. The van der Waals surface area contributed by atoms with E-state index in [0.717, 1.165) is 29.9 Å². The summed E-state index contributed by atoms with van der Waals surface area (Å²) in [6.07, 6.45) is 3.28. The largest absolute Gasteiger partial charge is 0.278 e. The van der Waals surface area contributed by atoms with Gasteiger partial charge in [0, 0.05) is 12.6 Å². The maximum Gasteiger partial charge on any atom is 0.134 e. The fraction of sp³-hybridized carbons (Fsp3) is 0.316. The van der Waals surface area contributed by atoms with Gasteiger partial charge in [-0.15, -0.1) is 0 Å². The minimum Gasteiger partial charge on any atom is -0.278 e. The van der Waals surface area contributed by atoms with Crippen molar-refractivity contribution in [3.63, 3.8) is 0 Å². The zero-order chi connectivity index (χ0) is 16.0. The molecule has 23 heavy (non-hydrogen) atoms. The first-order chi connectivity index (χ1) is 11.1. The van der Waals surface area contributed by atoms with E-state index in [9.17, 15) is 4.39 Å². The van der Waals surface area contributed by atoms with E-state index in [1.54, 1.807) is 17.8 Å². The van der Waals surface area contributed by atoms with Gasteiger partial charge in [0.25, 0.3) is 0 Å². The van der Waals surface area contributed by atoms with E-state index in [-0.39, 0.29) is 10.7 Å². The number of benzene rings is 2. The molecule has 1 heterocycles. The van der Waals surface area contributed by atoms with Gasteiger partial charge in [0.2, 0.25) is 0 Å².